The third-order valence-electron chi connectivity index (χ3n) is 2.67. The van der Waals surface area contributed by atoms with Crippen molar-refractivity contribution >= 4 is 5.97 Å². The van der Waals surface area contributed by atoms with E-state index in [4.69, 9.17) is 15.2 Å². The molecule has 0 unspecified atom stereocenters. The van der Waals surface area contributed by atoms with Gasteiger partial charge in [-0.25, -0.2) is 0 Å². The summed E-state index contributed by atoms with van der Waals surface area (Å²) in [5.41, 5.74) is 5.20. The molecule has 0 aromatic carbocycles. The zero-order chi connectivity index (χ0) is 11.3. The molecular formula is C11H21NO3. The van der Waals surface area contributed by atoms with Crippen molar-refractivity contribution in [2.24, 2.45) is 5.73 Å². The summed E-state index contributed by atoms with van der Waals surface area (Å²) >= 11 is 0. The van der Waals surface area contributed by atoms with Gasteiger partial charge in [0.2, 0.25) is 0 Å². The van der Waals surface area contributed by atoms with Crippen LogP contribution in [0.15, 0.2) is 0 Å². The van der Waals surface area contributed by atoms with Crippen molar-refractivity contribution in [3.63, 3.8) is 0 Å². The second kappa shape index (κ2) is 5.47. The summed E-state index contributed by atoms with van der Waals surface area (Å²) in [6.45, 7) is 4.64. The largest absolute Gasteiger partial charge is 0.462 e. The van der Waals surface area contributed by atoms with Crippen LogP contribution < -0.4 is 5.73 Å². The van der Waals surface area contributed by atoms with Gasteiger partial charge in [0, 0.05) is 0 Å². The third-order valence-corrected chi connectivity index (χ3v) is 2.67. The van der Waals surface area contributed by atoms with E-state index in [2.05, 4.69) is 0 Å². The van der Waals surface area contributed by atoms with Gasteiger partial charge < -0.3 is 15.2 Å². The van der Waals surface area contributed by atoms with Crippen LogP contribution in [0.5, 0.6) is 0 Å². The van der Waals surface area contributed by atoms with Crippen LogP contribution in [0.3, 0.4) is 0 Å². The molecule has 0 aliphatic heterocycles. The van der Waals surface area contributed by atoms with E-state index in [-0.39, 0.29) is 12.1 Å². The standard InChI is InChI=1S/C11H21NO3/c1-9(2)14-7-8-15-10(13)11(12)5-3-4-6-11/h9H,3-8,12H2,1-2H3. The Morgan fingerprint density at radius 1 is 1.33 bits per heavy atom. The quantitative estimate of drug-likeness (QED) is 0.553. The fourth-order valence-corrected chi connectivity index (χ4v) is 1.77. The fraction of sp³-hybridized carbons (Fsp3) is 0.909. The predicted octanol–water partition coefficient (Wildman–Crippen LogP) is 1.23. The van der Waals surface area contributed by atoms with Crippen LogP contribution in [0.4, 0.5) is 0 Å². The Kier molecular flexibility index (Phi) is 4.54. The molecule has 1 saturated carbocycles. The molecule has 4 heteroatoms. The van der Waals surface area contributed by atoms with Crippen LogP contribution in [0.1, 0.15) is 39.5 Å². The lowest BCUT2D eigenvalue weighted by Crippen LogP contribution is -2.46. The Morgan fingerprint density at radius 3 is 2.47 bits per heavy atom. The molecule has 0 spiro atoms. The van der Waals surface area contributed by atoms with Gasteiger partial charge in [0.25, 0.3) is 0 Å². The van der Waals surface area contributed by atoms with E-state index in [1.54, 1.807) is 0 Å². The molecule has 2 N–H and O–H groups in total. The highest BCUT2D eigenvalue weighted by atomic mass is 16.6. The van der Waals surface area contributed by atoms with Crippen LogP contribution >= 0.6 is 0 Å². The van der Waals surface area contributed by atoms with E-state index in [0.29, 0.717) is 13.2 Å². The van der Waals surface area contributed by atoms with E-state index in [0.717, 1.165) is 25.7 Å². The molecule has 15 heavy (non-hydrogen) atoms. The second-order valence-corrected chi connectivity index (χ2v) is 4.42. The molecule has 0 atom stereocenters. The number of ether oxygens (including phenoxy) is 2. The summed E-state index contributed by atoms with van der Waals surface area (Å²) in [5.74, 6) is -0.271. The molecule has 0 bridgehead atoms. The highest BCUT2D eigenvalue weighted by molar-refractivity contribution is 5.80. The van der Waals surface area contributed by atoms with Crippen LogP contribution in [-0.2, 0) is 14.3 Å². The zero-order valence-corrected chi connectivity index (χ0v) is 9.62. The van der Waals surface area contributed by atoms with Gasteiger partial charge in [-0.15, -0.1) is 0 Å². The second-order valence-electron chi connectivity index (χ2n) is 4.42. The first kappa shape index (κ1) is 12.5. The van der Waals surface area contributed by atoms with Gasteiger partial charge in [0.1, 0.15) is 12.1 Å². The first-order valence-electron chi connectivity index (χ1n) is 5.62. The van der Waals surface area contributed by atoms with E-state index in [9.17, 15) is 4.79 Å². The number of carbonyl (C=O) groups excluding carboxylic acids is 1. The molecule has 4 nitrogen and oxygen atoms in total. The van der Waals surface area contributed by atoms with Crippen molar-refractivity contribution in [3.05, 3.63) is 0 Å². The van der Waals surface area contributed by atoms with Crippen molar-refractivity contribution in [2.75, 3.05) is 13.2 Å². The molecule has 0 aromatic heterocycles. The first-order chi connectivity index (χ1) is 7.04. The maximum atomic E-state index is 11.6. The zero-order valence-electron chi connectivity index (χ0n) is 9.62. The van der Waals surface area contributed by atoms with Crippen LogP contribution in [0.25, 0.3) is 0 Å². The van der Waals surface area contributed by atoms with Gasteiger partial charge >= 0.3 is 5.97 Å². The summed E-state index contributed by atoms with van der Waals surface area (Å²) in [7, 11) is 0. The molecule has 0 radical (unpaired) electrons. The van der Waals surface area contributed by atoms with Crippen LogP contribution in [0, 0.1) is 0 Å². The maximum absolute atomic E-state index is 11.6. The Labute approximate surface area is 91.1 Å². The molecule has 1 fully saturated rings. The van der Waals surface area contributed by atoms with Gasteiger partial charge in [0.05, 0.1) is 12.7 Å². The van der Waals surface area contributed by atoms with E-state index in [1.165, 1.54) is 0 Å². The van der Waals surface area contributed by atoms with Crippen molar-refractivity contribution in [1.29, 1.82) is 0 Å². The Bertz CT molecular complexity index is 210. The lowest BCUT2D eigenvalue weighted by molar-refractivity contribution is -0.152. The van der Waals surface area contributed by atoms with E-state index < -0.39 is 5.54 Å². The number of nitrogens with two attached hydrogens (primary N) is 1. The van der Waals surface area contributed by atoms with E-state index in [1.807, 2.05) is 13.8 Å². The molecular weight excluding hydrogens is 194 g/mol. The average Bonchev–Trinajstić information content (AvgIpc) is 2.60. The fourth-order valence-electron chi connectivity index (χ4n) is 1.77. The maximum Gasteiger partial charge on any atom is 0.326 e. The number of rotatable bonds is 5. The minimum atomic E-state index is -0.724. The highest BCUT2D eigenvalue weighted by Crippen LogP contribution is 2.28. The molecule has 1 aliphatic rings. The lowest BCUT2D eigenvalue weighted by Gasteiger charge is -2.21. The summed E-state index contributed by atoms with van der Waals surface area (Å²) in [5, 5.41) is 0. The minimum Gasteiger partial charge on any atom is -0.462 e. The Hall–Kier alpha value is -0.610. The Morgan fingerprint density at radius 2 is 1.93 bits per heavy atom. The number of esters is 1. The van der Waals surface area contributed by atoms with Gasteiger partial charge in [-0.05, 0) is 26.7 Å². The molecule has 88 valence electrons. The SMILES string of the molecule is CC(C)OCCOC(=O)C1(N)CCCC1. The van der Waals surface area contributed by atoms with Crippen molar-refractivity contribution < 1.29 is 14.3 Å². The van der Waals surface area contributed by atoms with Crippen molar-refractivity contribution in [1.82, 2.24) is 0 Å². The van der Waals surface area contributed by atoms with Crippen molar-refractivity contribution in [2.45, 2.75) is 51.2 Å². The lowest BCUT2D eigenvalue weighted by atomic mass is 10.00. The molecule has 1 rings (SSSR count). The smallest absolute Gasteiger partial charge is 0.326 e. The van der Waals surface area contributed by atoms with Crippen LogP contribution in [-0.4, -0.2) is 30.8 Å². The number of hydrogen-bond acceptors (Lipinski definition) is 4. The first-order valence-corrected chi connectivity index (χ1v) is 5.62. The highest BCUT2D eigenvalue weighted by Gasteiger charge is 2.38. The predicted molar refractivity (Wildman–Crippen MR) is 57.4 cm³/mol. The van der Waals surface area contributed by atoms with Gasteiger partial charge in [-0.3, -0.25) is 4.79 Å². The summed E-state index contributed by atoms with van der Waals surface area (Å²) in [6.07, 6.45) is 3.71. The third kappa shape index (κ3) is 3.80. The molecule has 0 aromatic rings. The number of hydrogen-bond donors (Lipinski definition) is 1. The van der Waals surface area contributed by atoms with E-state index >= 15 is 0 Å². The molecule has 0 heterocycles. The topological polar surface area (TPSA) is 61.5 Å². The number of carbonyl (C=O) groups is 1. The summed E-state index contributed by atoms with van der Waals surface area (Å²) in [4.78, 5) is 11.6. The van der Waals surface area contributed by atoms with Crippen LogP contribution in [0.2, 0.25) is 0 Å². The Balaban J connectivity index is 2.18. The van der Waals surface area contributed by atoms with Gasteiger partial charge in [-0.1, -0.05) is 12.8 Å². The van der Waals surface area contributed by atoms with Gasteiger partial charge in [-0.2, -0.15) is 0 Å². The summed E-state index contributed by atoms with van der Waals surface area (Å²) < 4.78 is 10.4. The van der Waals surface area contributed by atoms with Crippen molar-refractivity contribution in [3.8, 4) is 0 Å². The normalized spacial score (nSPS) is 19.5. The average molecular weight is 215 g/mol. The molecule has 1 aliphatic carbocycles. The van der Waals surface area contributed by atoms with Gasteiger partial charge in [0.15, 0.2) is 0 Å². The molecule has 0 saturated heterocycles. The molecule has 0 amide bonds. The summed E-state index contributed by atoms with van der Waals surface area (Å²) in [6, 6.07) is 0. The monoisotopic (exact) mass is 215 g/mol. The minimum absolute atomic E-state index is 0.169.